The number of rotatable bonds is 5. The summed E-state index contributed by atoms with van der Waals surface area (Å²) in [5.74, 6) is 5.42. The number of hydrogen-bond donors (Lipinski definition) is 2. The molecular weight excluding hydrogens is 234 g/mol. The van der Waals surface area contributed by atoms with E-state index in [1.807, 2.05) is 6.07 Å². The monoisotopic (exact) mass is 247 g/mol. The highest BCUT2D eigenvalue weighted by atomic mass is 16.5. The molecule has 2 aromatic heterocycles. The lowest BCUT2D eigenvalue weighted by Gasteiger charge is -2.07. The van der Waals surface area contributed by atoms with E-state index in [0.717, 1.165) is 5.76 Å². The quantitative estimate of drug-likeness (QED) is 0.467. The second kappa shape index (κ2) is 5.95. The minimum Gasteiger partial charge on any atom is -0.467 e. The lowest BCUT2D eigenvalue weighted by Crippen LogP contribution is -2.31. The molecule has 2 rings (SSSR count). The lowest BCUT2D eigenvalue weighted by molar-refractivity contribution is 0.0864. The van der Waals surface area contributed by atoms with Gasteiger partial charge in [0.05, 0.1) is 24.1 Å². The molecular formula is C12H13N3O3. The average Bonchev–Trinajstić information content (AvgIpc) is 2.92. The normalized spacial score (nSPS) is 10.3. The first-order valence-electron chi connectivity index (χ1n) is 5.36. The summed E-state index contributed by atoms with van der Waals surface area (Å²) in [5, 5.41) is 0. The van der Waals surface area contributed by atoms with Crippen LogP contribution in [0.25, 0.3) is 0 Å². The predicted octanol–water partition coefficient (Wildman–Crippen LogP) is 0.995. The van der Waals surface area contributed by atoms with Crippen LogP contribution in [0.1, 0.15) is 21.8 Å². The Labute approximate surface area is 104 Å². The van der Waals surface area contributed by atoms with Gasteiger partial charge in [0.15, 0.2) is 0 Å². The number of hydrogen-bond acceptors (Lipinski definition) is 5. The first-order valence-corrected chi connectivity index (χ1v) is 5.36. The molecule has 0 spiro atoms. The van der Waals surface area contributed by atoms with Gasteiger partial charge < -0.3 is 9.15 Å². The van der Waals surface area contributed by atoms with Gasteiger partial charge in [-0.1, -0.05) is 0 Å². The zero-order chi connectivity index (χ0) is 12.8. The minimum absolute atomic E-state index is 0.213. The van der Waals surface area contributed by atoms with Crippen LogP contribution in [0.2, 0.25) is 0 Å². The van der Waals surface area contributed by atoms with Gasteiger partial charge in [-0.2, -0.15) is 0 Å². The van der Waals surface area contributed by atoms with E-state index < -0.39 is 0 Å². The molecule has 0 aliphatic heterocycles. The molecule has 2 heterocycles. The highest BCUT2D eigenvalue weighted by molar-refractivity contribution is 5.94. The zero-order valence-electron chi connectivity index (χ0n) is 9.63. The van der Waals surface area contributed by atoms with Crippen molar-refractivity contribution in [3.63, 3.8) is 0 Å². The van der Waals surface area contributed by atoms with Crippen molar-refractivity contribution in [2.45, 2.75) is 13.2 Å². The molecule has 2 aromatic rings. The third-order valence-electron chi connectivity index (χ3n) is 2.33. The highest BCUT2D eigenvalue weighted by Gasteiger charge is 2.10. The van der Waals surface area contributed by atoms with Crippen molar-refractivity contribution in [3.8, 4) is 0 Å². The van der Waals surface area contributed by atoms with E-state index in [1.54, 1.807) is 30.7 Å². The molecule has 6 nitrogen and oxygen atoms in total. The molecule has 0 aliphatic carbocycles. The summed E-state index contributed by atoms with van der Waals surface area (Å²) in [4.78, 5) is 15.6. The van der Waals surface area contributed by atoms with E-state index >= 15 is 0 Å². The van der Waals surface area contributed by atoms with Gasteiger partial charge >= 0.3 is 0 Å². The summed E-state index contributed by atoms with van der Waals surface area (Å²) >= 11 is 0. The van der Waals surface area contributed by atoms with Crippen molar-refractivity contribution in [3.05, 3.63) is 53.7 Å². The number of nitrogens with one attached hydrogen (secondary N) is 1. The molecule has 1 amide bonds. The van der Waals surface area contributed by atoms with Gasteiger partial charge in [-0.15, -0.1) is 0 Å². The van der Waals surface area contributed by atoms with E-state index in [1.165, 1.54) is 0 Å². The Bertz CT molecular complexity index is 511. The number of nitrogen functional groups attached to an aromatic ring is 1. The number of hydrazine groups is 1. The van der Waals surface area contributed by atoms with E-state index in [0.29, 0.717) is 17.9 Å². The number of aromatic nitrogens is 1. The lowest BCUT2D eigenvalue weighted by atomic mass is 10.2. The topological polar surface area (TPSA) is 90.4 Å². The molecule has 0 atom stereocenters. The first kappa shape index (κ1) is 12.3. The van der Waals surface area contributed by atoms with Gasteiger partial charge in [0.1, 0.15) is 12.4 Å². The van der Waals surface area contributed by atoms with Crippen molar-refractivity contribution in [1.82, 2.24) is 10.4 Å². The predicted molar refractivity (Wildman–Crippen MR) is 63.1 cm³/mol. The van der Waals surface area contributed by atoms with Gasteiger partial charge in [0.2, 0.25) is 0 Å². The van der Waals surface area contributed by atoms with Crippen LogP contribution in [0.15, 0.2) is 41.1 Å². The Kier molecular flexibility index (Phi) is 4.06. The third kappa shape index (κ3) is 2.93. The molecule has 0 saturated carbocycles. The molecule has 3 N–H and O–H groups in total. The zero-order valence-corrected chi connectivity index (χ0v) is 9.63. The van der Waals surface area contributed by atoms with Crippen LogP contribution >= 0.6 is 0 Å². The molecule has 18 heavy (non-hydrogen) atoms. The molecule has 94 valence electrons. The second-order valence-corrected chi connectivity index (χ2v) is 3.54. The molecule has 0 fully saturated rings. The Morgan fingerprint density at radius 2 is 2.28 bits per heavy atom. The largest absolute Gasteiger partial charge is 0.467 e. The van der Waals surface area contributed by atoms with Crippen LogP contribution in [0.5, 0.6) is 0 Å². The number of amides is 1. The number of pyridine rings is 1. The maximum absolute atomic E-state index is 11.5. The summed E-state index contributed by atoms with van der Waals surface area (Å²) in [6, 6.07) is 6.90. The summed E-state index contributed by atoms with van der Waals surface area (Å²) < 4.78 is 10.5. The van der Waals surface area contributed by atoms with Gasteiger partial charge in [-0.25, -0.2) is 5.84 Å². The summed E-state index contributed by atoms with van der Waals surface area (Å²) in [7, 11) is 0. The van der Waals surface area contributed by atoms with E-state index in [2.05, 4.69) is 10.4 Å². The Hall–Kier alpha value is -2.18. The van der Waals surface area contributed by atoms with Gasteiger partial charge in [-0.05, 0) is 24.3 Å². The van der Waals surface area contributed by atoms with Gasteiger partial charge in [0.25, 0.3) is 5.91 Å². The third-order valence-corrected chi connectivity index (χ3v) is 2.33. The fourth-order valence-corrected chi connectivity index (χ4v) is 1.48. The maximum atomic E-state index is 11.5. The van der Waals surface area contributed by atoms with Crippen molar-refractivity contribution < 1.29 is 13.9 Å². The number of furan rings is 1. The Balaban J connectivity index is 1.98. The number of nitrogens with two attached hydrogens (primary N) is 1. The molecule has 0 bridgehead atoms. The van der Waals surface area contributed by atoms with Crippen molar-refractivity contribution in [1.29, 1.82) is 0 Å². The Morgan fingerprint density at radius 3 is 3.00 bits per heavy atom. The van der Waals surface area contributed by atoms with Crippen LogP contribution in [-0.4, -0.2) is 10.9 Å². The van der Waals surface area contributed by atoms with E-state index in [-0.39, 0.29) is 12.5 Å². The number of carbonyl (C=O) groups is 1. The first-order chi connectivity index (χ1) is 8.81. The summed E-state index contributed by atoms with van der Waals surface area (Å²) in [6.07, 6.45) is 3.17. The SMILES string of the molecule is NNC(=O)c1cccnc1COCc1ccco1. The van der Waals surface area contributed by atoms with Gasteiger partial charge in [0, 0.05) is 6.20 Å². The summed E-state index contributed by atoms with van der Waals surface area (Å²) in [5.41, 5.74) is 3.01. The number of carbonyl (C=O) groups excluding carboxylic acids is 1. The van der Waals surface area contributed by atoms with Crippen LogP contribution in [-0.2, 0) is 18.0 Å². The highest BCUT2D eigenvalue weighted by Crippen LogP contribution is 2.09. The standard InChI is InChI=1S/C12H13N3O3/c13-15-12(16)10-4-1-5-14-11(10)8-17-7-9-3-2-6-18-9/h1-6H,7-8,13H2,(H,15,16). The molecule has 0 aliphatic rings. The van der Waals surface area contributed by atoms with E-state index in [4.69, 9.17) is 15.0 Å². The minimum atomic E-state index is -0.389. The van der Waals surface area contributed by atoms with Crippen LogP contribution in [0.3, 0.4) is 0 Å². The maximum Gasteiger partial charge on any atom is 0.267 e. The molecule has 0 aromatic carbocycles. The van der Waals surface area contributed by atoms with Crippen LogP contribution in [0, 0.1) is 0 Å². The number of ether oxygens (including phenoxy) is 1. The molecule has 0 radical (unpaired) electrons. The van der Waals surface area contributed by atoms with Crippen LogP contribution in [0.4, 0.5) is 0 Å². The molecule has 6 heteroatoms. The fourth-order valence-electron chi connectivity index (χ4n) is 1.48. The number of nitrogens with zero attached hydrogens (tertiary/aromatic N) is 1. The fraction of sp³-hybridized carbons (Fsp3) is 0.167. The van der Waals surface area contributed by atoms with Crippen LogP contribution < -0.4 is 11.3 Å². The van der Waals surface area contributed by atoms with Gasteiger partial charge in [-0.3, -0.25) is 15.2 Å². The molecule has 0 unspecified atom stereocenters. The van der Waals surface area contributed by atoms with Crippen molar-refractivity contribution >= 4 is 5.91 Å². The van der Waals surface area contributed by atoms with Crippen molar-refractivity contribution in [2.24, 2.45) is 5.84 Å². The summed E-state index contributed by atoms with van der Waals surface area (Å²) in [6.45, 7) is 0.539. The second-order valence-electron chi connectivity index (χ2n) is 3.54. The Morgan fingerprint density at radius 1 is 1.39 bits per heavy atom. The average molecular weight is 247 g/mol. The van der Waals surface area contributed by atoms with Crippen molar-refractivity contribution in [2.75, 3.05) is 0 Å². The molecule has 0 saturated heterocycles. The smallest absolute Gasteiger partial charge is 0.267 e. The van der Waals surface area contributed by atoms with E-state index in [9.17, 15) is 4.79 Å².